The highest BCUT2D eigenvalue weighted by molar-refractivity contribution is 6.20. The van der Waals surface area contributed by atoms with E-state index in [-0.39, 0.29) is 29.4 Å². The summed E-state index contributed by atoms with van der Waals surface area (Å²) in [6.07, 6.45) is 1.58. The van der Waals surface area contributed by atoms with Crippen LogP contribution in [-0.4, -0.2) is 36.9 Å². The number of carbonyl (C=O) groups is 2. The van der Waals surface area contributed by atoms with Gasteiger partial charge in [0.15, 0.2) is 0 Å². The zero-order valence-electron chi connectivity index (χ0n) is 12.8. The smallest absolute Gasteiger partial charge is 0.252 e. The molecule has 5 N–H and O–H groups in total. The third kappa shape index (κ3) is 2.65. The highest BCUT2D eigenvalue weighted by Crippen LogP contribution is 2.43. The standard InChI is InChI=1S/C16H19N5O2/c1-9(22)19-6-7-21-13-5-3-2-4-10(13)11-8-12(15(18)23)14(17)20-16(11)21/h2-5,8,11,16H,6-7H2,1H3,(H2,17,20)(H2,18,23)(H,19,22). The van der Waals surface area contributed by atoms with Crippen LogP contribution in [0.2, 0.25) is 0 Å². The van der Waals surface area contributed by atoms with Gasteiger partial charge in [0, 0.05) is 31.6 Å². The average Bonchev–Trinajstić information content (AvgIpc) is 2.79. The minimum Gasteiger partial charge on any atom is -0.383 e. The number of nitrogens with two attached hydrogens (primary N) is 2. The quantitative estimate of drug-likeness (QED) is 0.716. The number of benzene rings is 1. The minimum atomic E-state index is -0.570. The van der Waals surface area contributed by atoms with Crippen molar-refractivity contribution < 1.29 is 9.59 Å². The molecule has 2 aliphatic rings. The van der Waals surface area contributed by atoms with Gasteiger partial charge in [-0.1, -0.05) is 24.3 Å². The van der Waals surface area contributed by atoms with Gasteiger partial charge >= 0.3 is 0 Å². The Morgan fingerprint density at radius 3 is 2.78 bits per heavy atom. The highest BCUT2D eigenvalue weighted by atomic mass is 16.1. The van der Waals surface area contributed by atoms with Crippen molar-refractivity contribution in [3.05, 3.63) is 41.5 Å². The zero-order chi connectivity index (χ0) is 16.6. The van der Waals surface area contributed by atoms with Gasteiger partial charge < -0.3 is 21.7 Å². The van der Waals surface area contributed by atoms with Gasteiger partial charge in [-0.3, -0.25) is 9.59 Å². The predicted molar refractivity (Wildman–Crippen MR) is 87.9 cm³/mol. The molecule has 120 valence electrons. The third-order valence-electron chi connectivity index (χ3n) is 4.13. The van der Waals surface area contributed by atoms with E-state index in [0.717, 1.165) is 11.3 Å². The molecule has 2 amide bonds. The predicted octanol–water partition coefficient (Wildman–Crippen LogP) is -0.165. The van der Waals surface area contributed by atoms with E-state index < -0.39 is 5.91 Å². The van der Waals surface area contributed by atoms with E-state index in [4.69, 9.17) is 11.5 Å². The summed E-state index contributed by atoms with van der Waals surface area (Å²) < 4.78 is 0. The first-order valence-electron chi connectivity index (χ1n) is 7.44. The fraction of sp³-hybridized carbons (Fsp3) is 0.312. The molecule has 0 spiro atoms. The summed E-state index contributed by atoms with van der Waals surface area (Å²) in [5.74, 6) is -0.551. The van der Waals surface area contributed by atoms with Crippen molar-refractivity contribution in [2.75, 3.05) is 18.0 Å². The van der Waals surface area contributed by atoms with Gasteiger partial charge in [0.1, 0.15) is 12.0 Å². The molecule has 0 radical (unpaired) electrons. The Bertz CT molecular complexity index is 725. The number of dihydropyridines is 1. The third-order valence-corrected chi connectivity index (χ3v) is 4.13. The van der Waals surface area contributed by atoms with Crippen LogP contribution in [0.15, 0.2) is 40.9 Å². The Morgan fingerprint density at radius 2 is 2.09 bits per heavy atom. The van der Waals surface area contributed by atoms with E-state index in [0.29, 0.717) is 13.1 Å². The molecule has 7 heteroatoms. The van der Waals surface area contributed by atoms with Gasteiger partial charge in [-0.05, 0) is 11.6 Å². The molecule has 0 saturated heterocycles. The fourth-order valence-electron chi connectivity index (χ4n) is 3.14. The number of amides is 2. The largest absolute Gasteiger partial charge is 0.383 e. The molecule has 0 bridgehead atoms. The van der Waals surface area contributed by atoms with Crippen molar-refractivity contribution in [1.82, 2.24) is 5.32 Å². The van der Waals surface area contributed by atoms with E-state index in [1.54, 1.807) is 6.08 Å². The molecule has 0 aliphatic carbocycles. The van der Waals surface area contributed by atoms with Crippen LogP contribution < -0.4 is 21.7 Å². The lowest BCUT2D eigenvalue weighted by Crippen LogP contribution is -2.42. The van der Waals surface area contributed by atoms with E-state index in [1.165, 1.54) is 6.92 Å². The van der Waals surface area contributed by atoms with E-state index in [1.807, 2.05) is 24.3 Å². The molecule has 3 rings (SSSR count). The first kappa shape index (κ1) is 15.1. The molecule has 2 heterocycles. The maximum Gasteiger partial charge on any atom is 0.252 e. The van der Waals surface area contributed by atoms with Crippen LogP contribution in [0.3, 0.4) is 0 Å². The van der Waals surface area contributed by atoms with Gasteiger partial charge in [-0.2, -0.15) is 0 Å². The molecule has 23 heavy (non-hydrogen) atoms. The number of aliphatic imine (C=N–C) groups is 1. The van der Waals surface area contributed by atoms with Crippen molar-refractivity contribution in [3.8, 4) is 0 Å². The van der Waals surface area contributed by atoms with Crippen LogP contribution in [0, 0.1) is 0 Å². The van der Waals surface area contributed by atoms with E-state index in [2.05, 4.69) is 15.2 Å². The molecule has 7 nitrogen and oxygen atoms in total. The summed E-state index contributed by atoms with van der Waals surface area (Å²) in [4.78, 5) is 29.2. The van der Waals surface area contributed by atoms with Crippen molar-refractivity contribution >= 4 is 23.3 Å². The molecule has 0 fully saturated rings. The summed E-state index contributed by atoms with van der Waals surface area (Å²) >= 11 is 0. The maximum absolute atomic E-state index is 11.5. The van der Waals surface area contributed by atoms with Crippen LogP contribution in [0.5, 0.6) is 0 Å². The Kier molecular flexibility index (Phi) is 3.77. The first-order valence-corrected chi connectivity index (χ1v) is 7.44. The van der Waals surface area contributed by atoms with Crippen molar-refractivity contribution in [2.45, 2.75) is 19.0 Å². The summed E-state index contributed by atoms with van der Waals surface area (Å²) in [5, 5.41) is 2.79. The maximum atomic E-state index is 11.5. The highest BCUT2D eigenvalue weighted by Gasteiger charge is 2.40. The number of carbonyl (C=O) groups excluding carboxylic acids is 2. The van der Waals surface area contributed by atoms with Crippen molar-refractivity contribution in [2.24, 2.45) is 16.5 Å². The number of fused-ring (bicyclic) bond motifs is 3. The van der Waals surface area contributed by atoms with Crippen LogP contribution in [0.4, 0.5) is 5.69 Å². The number of para-hydroxylation sites is 1. The van der Waals surface area contributed by atoms with Gasteiger partial charge in [0.05, 0.1) is 5.57 Å². The number of primary amides is 1. The van der Waals surface area contributed by atoms with E-state index in [9.17, 15) is 9.59 Å². The molecular formula is C16H19N5O2. The van der Waals surface area contributed by atoms with Crippen LogP contribution in [0.1, 0.15) is 18.4 Å². The van der Waals surface area contributed by atoms with Crippen LogP contribution in [-0.2, 0) is 9.59 Å². The Balaban J connectivity index is 1.94. The lowest BCUT2D eigenvalue weighted by atomic mass is 9.93. The summed E-state index contributed by atoms with van der Waals surface area (Å²) in [6, 6.07) is 7.92. The zero-order valence-corrected chi connectivity index (χ0v) is 12.8. The van der Waals surface area contributed by atoms with Gasteiger partial charge in [-0.25, -0.2) is 4.99 Å². The van der Waals surface area contributed by atoms with Crippen LogP contribution >= 0.6 is 0 Å². The molecule has 0 aromatic heterocycles. The molecule has 1 aromatic carbocycles. The van der Waals surface area contributed by atoms with Gasteiger partial charge in [0.2, 0.25) is 5.91 Å². The molecule has 1 aromatic rings. The molecular weight excluding hydrogens is 294 g/mol. The lowest BCUT2D eigenvalue weighted by Gasteiger charge is -2.29. The molecule has 2 unspecified atom stereocenters. The van der Waals surface area contributed by atoms with Crippen molar-refractivity contribution in [1.29, 1.82) is 0 Å². The second kappa shape index (κ2) is 5.75. The molecule has 2 atom stereocenters. The summed E-state index contributed by atoms with van der Waals surface area (Å²) in [5.41, 5.74) is 13.7. The summed E-state index contributed by atoms with van der Waals surface area (Å²) in [7, 11) is 0. The minimum absolute atomic E-state index is 0.0710. The molecule has 0 saturated carbocycles. The first-order chi connectivity index (χ1) is 11.0. The topological polar surface area (TPSA) is 114 Å². The van der Waals surface area contributed by atoms with Gasteiger partial charge in [0.25, 0.3) is 5.91 Å². The monoisotopic (exact) mass is 313 g/mol. The molecule has 2 aliphatic heterocycles. The second-order valence-electron chi connectivity index (χ2n) is 5.63. The number of hydrogen-bond acceptors (Lipinski definition) is 5. The second-order valence-corrected chi connectivity index (χ2v) is 5.63. The van der Waals surface area contributed by atoms with Crippen molar-refractivity contribution in [3.63, 3.8) is 0 Å². The Labute approximate surface area is 134 Å². The number of amidine groups is 1. The number of nitrogens with zero attached hydrogens (tertiary/aromatic N) is 2. The normalized spacial score (nSPS) is 21.9. The average molecular weight is 313 g/mol. The number of anilines is 1. The Morgan fingerprint density at radius 1 is 1.35 bits per heavy atom. The van der Waals surface area contributed by atoms with Gasteiger partial charge in [-0.15, -0.1) is 0 Å². The lowest BCUT2D eigenvalue weighted by molar-refractivity contribution is -0.119. The Hall–Kier alpha value is -2.83. The number of rotatable bonds is 4. The number of nitrogens with one attached hydrogen (secondary N) is 1. The fourth-order valence-corrected chi connectivity index (χ4v) is 3.14. The van der Waals surface area contributed by atoms with E-state index >= 15 is 0 Å². The van der Waals surface area contributed by atoms with Crippen LogP contribution in [0.25, 0.3) is 0 Å². The number of hydrogen-bond donors (Lipinski definition) is 3. The summed E-state index contributed by atoms with van der Waals surface area (Å²) in [6.45, 7) is 2.60. The SMILES string of the molecule is CC(=O)NCCN1c2ccccc2C2C=C(C(N)=O)C(N)=NC21.